The summed E-state index contributed by atoms with van der Waals surface area (Å²) in [5, 5.41) is 6.75. The molecule has 2 unspecified atom stereocenters. The van der Waals surface area contributed by atoms with Crippen molar-refractivity contribution in [3.63, 3.8) is 0 Å². The fourth-order valence-electron chi connectivity index (χ4n) is 4.08. The molecule has 2 aliphatic rings. The van der Waals surface area contributed by atoms with Gasteiger partial charge in [-0.1, -0.05) is 18.5 Å². The van der Waals surface area contributed by atoms with Crippen molar-refractivity contribution < 1.29 is 9.59 Å². The van der Waals surface area contributed by atoms with Gasteiger partial charge in [0.1, 0.15) is 5.82 Å². The third-order valence-corrected chi connectivity index (χ3v) is 6.03. The van der Waals surface area contributed by atoms with Crippen molar-refractivity contribution in [2.45, 2.75) is 39.0 Å². The molecule has 6 nitrogen and oxygen atoms in total. The lowest BCUT2D eigenvalue weighted by atomic mass is 9.83. The zero-order valence-electron chi connectivity index (χ0n) is 15.9. The van der Waals surface area contributed by atoms with Gasteiger partial charge in [-0.15, -0.1) is 0 Å². The number of rotatable bonds is 5. The fraction of sp³-hybridized carbons (Fsp3) is 0.650. The number of aromatic nitrogens is 1. The minimum atomic E-state index is -0.186. The predicted molar refractivity (Wildman–Crippen MR) is 107 cm³/mol. The maximum absolute atomic E-state index is 12.8. The van der Waals surface area contributed by atoms with E-state index in [1.165, 1.54) is 6.20 Å². The molecule has 2 fully saturated rings. The van der Waals surface area contributed by atoms with Gasteiger partial charge in [-0.05, 0) is 62.7 Å². The highest BCUT2D eigenvalue weighted by Crippen LogP contribution is 2.26. The molecule has 1 aromatic heterocycles. The van der Waals surface area contributed by atoms with Crippen molar-refractivity contribution in [3.05, 3.63) is 23.4 Å². The van der Waals surface area contributed by atoms with Crippen LogP contribution in [0.15, 0.2) is 18.3 Å². The maximum Gasteiger partial charge on any atom is 0.230 e. The number of amides is 2. The molecular formula is C20H29ClN4O2. The largest absolute Gasteiger partial charge is 0.342 e. The SMILES string of the molecule is CC(CC(=O)N1CCCC(C(=O)Nc2ccc(Cl)cn2)C1)C1CCNCC1. The molecule has 0 bridgehead atoms. The van der Waals surface area contributed by atoms with Gasteiger partial charge in [0.05, 0.1) is 10.9 Å². The summed E-state index contributed by atoms with van der Waals surface area (Å²) >= 11 is 5.83. The number of hydrogen-bond acceptors (Lipinski definition) is 4. The molecule has 0 radical (unpaired) electrons. The Morgan fingerprint density at radius 3 is 2.81 bits per heavy atom. The van der Waals surface area contributed by atoms with Crippen molar-refractivity contribution in [2.24, 2.45) is 17.8 Å². The van der Waals surface area contributed by atoms with Gasteiger partial charge in [-0.2, -0.15) is 0 Å². The minimum absolute atomic E-state index is 0.0753. The molecule has 2 saturated heterocycles. The first kappa shape index (κ1) is 20.1. The van der Waals surface area contributed by atoms with Gasteiger partial charge in [-0.25, -0.2) is 4.98 Å². The summed E-state index contributed by atoms with van der Waals surface area (Å²) in [6.45, 7) is 5.54. The van der Waals surface area contributed by atoms with Crippen LogP contribution in [-0.2, 0) is 9.59 Å². The van der Waals surface area contributed by atoms with E-state index in [4.69, 9.17) is 11.6 Å². The van der Waals surface area contributed by atoms with Crippen molar-refractivity contribution in [3.8, 4) is 0 Å². The van der Waals surface area contributed by atoms with Crippen LogP contribution in [0.4, 0.5) is 5.82 Å². The van der Waals surface area contributed by atoms with E-state index in [9.17, 15) is 9.59 Å². The number of likely N-dealkylation sites (tertiary alicyclic amines) is 1. The molecule has 0 saturated carbocycles. The number of halogens is 1. The Labute approximate surface area is 166 Å². The van der Waals surface area contributed by atoms with Crippen LogP contribution in [0.1, 0.15) is 39.0 Å². The van der Waals surface area contributed by atoms with Crippen LogP contribution in [0.25, 0.3) is 0 Å². The van der Waals surface area contributed by atoms with E-state index >= 15 is 0 Å². The number of carbonyl (C=O) groups excluding carboxylic acids is 2. The summed E-state index contributed by atoms with van der Waals surface area (Å²) in [5.41, 5.74) is 0. The third kappa shape index (κ3) is 5.66. The van der Waals surface area contributed by atoms with E-state index < -0.39 is 0 Å². The van der Waals surface area contributed by atoms with E-state index in [2.05, 4.69) is 22.5 Å². The molecule has 0 spiro atoms. The normalized spacial score (nSPS) is 22.3. The van der Waals surface area contributed by atoms with Gasteiger partial charge in [0.15, 0.2) is 0 Å². The molecule has 27 heavy (non-hydrogen) atoms. The van der Waals surface area contributed by atoms with Crippen molar-refractivity contribution in [2.75, 3.05) is 31.5 Å². The molecule has 1 aromatic rings. The number of pyridine rings is 1. The van der Waals surface area contributed by atoms with Gasteiger partial charge < -0.3 is 15.5 Å². The maximum atomic E-state index is 12.8. The first-order valence-corrected chi connectivity index (χ1v) is 10.3. The Morgan fingerprint density at radius 2 is 2.11 bits per heavy atom. The minimum Gasteiger partial charge on any atom is -0.342 e. The molecule has 2 N–H and O–H groups in total. The van der Waals surface area contributed by atoms with Crippen LogP contribution in [0.5, 0.6) is 0 Å². The first-order valence-electron chi connectivity index (χ1n) is 9.94. The highest BCUT2D eigenvalue weighted by atomic mass is 35.5. The van der Waals surface area contributed by atoms with E-state index in [0.29, 0.717) is 35.6 Å². The molecule has 3 heterocycles. The quantitative estimate of drug-likeness (QED) is 0.807. The highest BCUT2D eigenvalue weighted by Gasteiger charge is 2.30. The highest BCUT2D eigenvalue weighted by molar-refractivity contribution is 6.30. The Balaban J connectivity index is 1.51. The van der Waals surface area contributed by atoms with Crippen molar-refractivity contribution in [1.82, 2.24) is 15.2 Å². The Hall–Kier alpha value is -1.66. The molecule has 2 aliphatic heterocycles. The smallest absolute Gasteiger partial charge is 0.230 e. The molecule has 2 amide bonds. The lowest BCUT2D eigenvalue weighted by Gasteiger charge is -2.34. The van der Waals surface area contributed by atoms with Gasteiger partial charge in [-0.3, -0.25) is 9.59 Å². The number of carbonyl (C=O) groups is 2. The number of nitrogens with zero attached hydrogens (tertiary/aromatic N) is 2. The zero-order chi connectivity index (χ0) is 19.2. The monoisotopic (exact) mass is 392 g/mol. The summed E-state index contributed by atoms with van der Waals surface area (Å²) in [5.74, 6) is 1.43. The van der Waals surface area contributed by atoms with Crippen LogP contribution < -0.4 is 10.6 Å². The Bertz CT molecular complexity index is 646. The summed E-state index contributed by atoms with van der Waals surface area (Å²) in [4.78, 5) is 31.3. The lowest BCUT2D eigenvalue weighted by Crippen LogP contribution is -2.44. The molecule has 148 valence electrons. The van der Waals surface area contributed by atoms with Gasteiger partial charge in [0.25, 0.3) is 0 Å². The molecule has 3 rings (SSSR count). The molecule has 0 aliphatic carbocycles. The fourth-order valence-corrected chi connectivity index (χ4v) is 4.19. The summed E-state index contributed by atoms with van der Waals surface area (Å²) < 4.78 is 0. The summed E-state index contributed by atoms with van der Waals surface area (Å²) in [6, 6.07) is 3.38. The topological polar surface area (TPSA) is 74.3 Å². The molecular weight excluding hydrogens is 364 g/mol. The van der Waals surface area contributed by atoms with E-state index in [1.807, 2.05) is 4.90 Å². The molecule has 7 heteroatoms. The van der Waals surface area contributed by atoms with Crippen molar-refractivity contribution >= 4 is 29.2 Å². The average molecular weight is 393 g/mol. The van der Waals surface area contributed by atoms with E-state index in [1.54, 1.807) is 12.1 Å². The number of piperidine rings is 2. The van der Waals surface area contributed by atoms with Gasteiger partial charge in [0, 0.05) is 25.7 Å². The second-order valence-corrected chi connectivity index (χ2v) is 8.24. The lowest BCUT2D eigenvalue weighted by molar-refractivity contribution is -0.135. The van der Waals surface area contributed by atoms with Gasteiger partial charge in [0.2, 0.25) is 11.8 Å². The molecule has 2 atom stereocenters. The summed E-state index contributed by atoms with van der Waals surface area (Å²) in [6.07, 6.45) is 6.04. The third-order valence-electron chi connectivity index (χ3n) is 5.81. The van der Waals surface area contributed by atoms with Crippen LogP contribution in [-0.4, -0.2) is 47.9 Å². The zero-order valence-corrected chi connectivity index (χ0v) is 16.7. The second-order valence-electron chi connectivity index (χ2n) is 7.80. The number of nitrogens with one attached hydrogen (secondary N) is 2. The van der Waals surface area contributed by atoms with Gasteiger partial charge >= 0.3 is 0 Å². The number of hydrogen-bond donors (Lipinski definition) is 2. The number of anilines is 1. The Morgan fingerprint density at radius 1 is 1.33 bits per heavy atom. The first-order chi connectivity index (χ1) is 13.0. The molecule has 0 aromatic carbocycles. The van der Waals surface area contributed by atoms with E-state index in [0.717, 1.165) is 45.3 Å². The summed E-state index contributed by atoms with van der Waals surface area (Å²) in [7, 11) is 0. The van der Waals surface area contributed by atoms with E-state index in [-0.39, 0.29) is 17.7 Å². The van der Waals surface area contributed by atoms with Crippen LogP contribution in [0.3, 0.4) is 0 Å². The predicted octanol–water partition coefficient (Wildman–Crippen LogP) is 2.94. The Kier molecular flexibility index (Phi) is 7.07. The second kappa shape index (κ2) is 9.51. The van der Waals surface area contributed by atoms with Crippen LogP contribution in [0, 0.1) is 17.8 Å². The van der Waals surface area contributed by atoms with Crippen molar-refractivity contribution in [1.29, 1.82) is 0 Å². The van der Waals surface area contributed by atoms with Crippen LogP contribution >= 0.6 is 11.6 Å². The van der Waals surface area contributed by atoms with Crippen LogP contribution in [0.2, 0.25) is 5.02 Å². The average Bonchev–Trinajstić information content (AvgIpc) is 2.70. The standard InChI is InChI=1S/C20H29ClN4O2/c1-14(15-6-8-22-9-7-15)11-19(26)25-10-2-3-16(13-25)20(27)24-18-5-4-17(21)12-23-18/h4-5,12,14-16,22H,2-3,6-11,13H2,1H3,(H,23,24,27).